The van der Waals surface area contributed by atoms with Crippen molar-refractivity contribution in [2.45, 2.75) is 19.1 Å². The summed E-state index contributed by atoms with van der Waals surface area (Å²) in [5, 5.41) is 2.73. The molecular weight excluding hydrogens is 286 g/mol. The van der Waals surface area contributed by atoms with E-state index in [0.29, 0.717) is 19.8 Å². The third-order valence-corrected chi connectivity index (χ3v) is 3.06. The van der Waals surface area contributed by atoms with E-state index in [1.165, 1.54) is 0 Å². The molecule has 92 valence electrons. The number of hydrogen-bond acceptors (Lipinski definition) is 3. The quantitative estimate of drug-likeness (QED) is 0.929. The van der Waals surface area contributed by atoms with E-state index < -0.39 is 5.54 Å². The van der Waals surface area contributed by atoms with E-state index in [1.807, 2.05) is 31.2 Å². The molecule has 0 aliphatic carbocycles. The molecule has 5 heteroatoms. The highest BCUT2D eigenvalue weighted by molar-refractivity contribution is 9.10. The van der Waals surface area contributed by atoms with Gasteiger partial charge < -0.3 is 14.8 Å². The minimum Gasteiger partial charge on any atom is -0.447 e. The Morgan fingerprint density at radius 3 is 2.76 bits per heavy atom. The number of alkyl carbamates (subject to hydrolysis) is 1. The van der Waals surface area contributed by atoms with Gasteiger partial charge in [-0.15, -0.1) is 0 Å². The normalized spacial score (nSPS) is 23.3. The predicted octanol–water partition coefficient (Wildman–Crippen LogP) is 2.46. The van der Waals surface area contributed by atoms with Gasteiger partial charge in [0.25, 0.3) is 0 Å². The van der Waals surface area contributed by atoms with Crippen LogP contribution in [0.2, 0.25) is 0 Å². The summed E-state index contributed by atoms with van der Waals surface area (Å²) in [6.45, 7) is 3.22. The molecule has 1 aromatic rings. The van der Waals surface area contributed by atoms with Crippen molar-refractivity contribution in [1.82, 2.24) is 5.32 Å². The Kier molecular flexibility index (Phi) is 3.69. The molecule has 0 spiro atoms. The Hall–Kier alpha value is -1.07. The van der Waals surface area contributed by atoms with E-state index >= 15 is 0 Å². The van der Waals surface area contributed by atoms with E-state index in [9.17, 15) is 4.79 Å². The molecule has 0 unspecified atom stereocenters. The van der Waals surface area contributed by atoms with Crippen LogP contribution >= 0.6 is 15.9 Å². The molecule has 1 fully saturated rings. The van der Waals surface area contributed by atoms with Gasteiger partial charge in [-0.05, 0) is 24.6 Å². The van der Waals surface area contributed by atoms with Crippen LogP contribution in [0.4, 0.5) is 4.79 Å². The molecular formula is C12H14BrNO3. The average molecular weight is 300 g/mol. The highest BCUT2D eigenvalue weighted by Gasteiger charge is 2.35. The van der Waals surface area contributed by atoms with Crippen LogP contribution in [0.15, 0.2) is 28.7 Å². The molecule has 17 heavy (non-hydrogen) atoms. The number of ether oxygens (including phenoxy) is 2. The molecule has 2 rings (SSSR count). The first-order chi connectivity index (χ1) is 8.07. The number of halogens is 1. The Morgan fingerprint density at radius 1 is 1.47 bits per heavy atom. The van der Waals surface area contributed by atoms with E-state index in [2.05, 4.69) is 21.2 Å². The van der Waals surface area contributed by atoms with E-state index in [4.69, 9.17) is 9.47 Å². The topological polar surface area (TPSA) is 47.6 Å². The standard InChI is InChI=1S/C12H14BrNO3/c1-12(8-17-11(15)14-12)7-16-6-9-2-4-10(13)5-3-9/h2-5H,6-8H2,1H3,(H,14,15)/t12-/m1/s1. The van der Waals surface area contributed by atoms with Crippen molar-refractivity contribution >= 4 is 22.0 Å². The zero-order valence-electron chi connectivity index (χ0n) is 9.53. The Morgan fingerprint density at radius 2 is 2.18 bits per heavy atom. The molecule has 1 N–H and O–H groups in total. The fourth-order valence-electron chi connectivity index (χ4n) is 1.60. The molecule has 0 bridgehead atoms. The summed E-state index contributed by atoms with van der Waals surface area (Å²) in [4.78, 5) is 10.9. The number of nitrogens with one attached hydrogen (secondary N) is 1. The van der Waals surface area contributed by atoms with Gasteiger partial charge in [-0.2, -0.15) is 0 Å². The molecule has 1 aromatic carbocycles. The van der Waals surface area contributed by atoms with Crippen LogP contribution < -0.4 is 5.32 Å². The molecule has 0 aromatic heterocycles. The van der Waals surface area contributed by atoms with Crippen molar-refractivity contribution in [3.63, 3.8) is 0 Å². The predicted molar refractivity (Wildman–Crippen MR) is 66.7 cm³/mol. The van der Waals surface area contributed by atoms with Gasteiger partial charge in [0.2, 0.25) is 0 Å². The lowest BCUT2D eigenvalue weighted by Gasteiger charge is -2.20. The summed E-state index contributed by atoms with van der Waals surface area (Å²) in [5.74, 6) is 0. The molecule has 1 amide bonds. The number of benzene rings is 1. The van der Waals surface area contributed by atoms with Gasteiger partial charge in [0.15, 0.2) is 0 Å². The zero-order chi connectivity index (χ0) is 12.3. The molecule has 1 aliphatic heterocycles. The molecule has 1 heterocycles. The van der Waals surface area contributed by atoms with Crippen LogP contribution in [0.1, 0.15) is 12.5 Å². The molecule has 0 radical (unpaired) electrons. The van der Waals surface area contributed by atoms with Gasteiger partial charge in [0.1, 0.15) is 6.61 Å². The highest BCUT2D eigenvalue weighted by Crippen LogP contribution is 2.15. The van der Waals surface area contributed by atoms with Crippen LogP contribution in [-0.4, -0.2) is 24.8 Å². The van der Waals surface area contributed by atoms with Crippen molar-refractivity contribution in [1.29, 1.82) is 0 Å². The van der Waals surface area contributed by atoms with E-state index in [0.717, 1.165) is 10.0 Å². The summed E-state index contributed by atoms with van der Waals surface area (Å²) in [7, 11) is 0. The van der Waals surface area contributed by atoms with Crippen LogP contribution in [0.25, 0.3) is 0 Å². The number of cyclic esters (lactones) is 1. The molecule has 1 atom stereocenters. The second-order valence-corrected chi connectivity index (χ2v) is 5.30. The summed E-state index contributed by atoms with van der Waals surface area (Å²) in [5.41, 5.74) is 0.689. The van der Waals surface area contributed by atoms with E-state index in [1.54, 1.807) is 0 Å². The first kappa shape index (κ1) is 12.4. The lowest BCUT2D eigenvalue weighted by atomic mass is 10.1. The smallest absolute Gasteiger partial charge is 0.407 e. The number of hydrogen-bond donors (Lipinski definition) is 1. The summed E-state index contributed by atoms with van der Waals surface area (Å²) in [6.07, 6.45) is -0.375. The number of carbonyl (C=O) groups excluding carboxylic acids is 1. The first-order valence-corrected chi connectivity index (χ1v) is 6.14. The zero-order valence-corrected chi connectivity index (χ0v) is 11.1. The summed E-state index contributed by atoms with van der Waals surface area (Å²) >= 11 is 3.38. The molecule has 4 nitrogen and oxygen atoms in total. The van der Waals surface area contributed by atoms with Crippen molar-refractivity contribution in [2.24, 2.45) is 0 Å². The maximum atomic E-state index is 10.9. The second-order valence-electron chi connectivity index (χ2n) is 4.38. The van der Waals surface area contributed by atoms with Gasteiger partial charge in [-0.1, -0.05) is 28.1 Å². The lowest BCUT2D eigenvalue weighted by molar-refractivity contribution is 0.0658. The monoisotopic (exact) mass is 299 g/mol. The molecule has 0 saturated carbocycles. The Bertz CT molecular complexity index is 407. The van der Waals surface area contributed by atoms with Crippen molar-refractivity contribution in [3.8, 4) is 0 Å². The number of rotatable bonds is 4. The summed E-state index contributed by atoms with van der Waals surface area (Å²) < 4.78 is 11.5. The van der Waals surface area contributed by atoms with E-state index in [-0.39, 0.29) is 6.09 Å². The van der Waals surface area contributed by atoms with Gasteiger partial charge >= 0.3 is 6.09 Å². The van der Waals surface area contributed by atoms with Crippen molar-refractivity contribution < 1.29 is 14.3 Å². The van der Waals surface area contributed by atoms with Crippen LogP contribution in [0.3, 0.4) is 0 Å². The fraction of sp³-hybridized carbons (Fsp3) is 0.417. The second kappa shape index (κ2) is 5.06. The van der Waals surface area contributed by atoms with Crippen LogP contribution in [0.5, 0.6) is 0 Å². The van der Waals surface area contributed by atoms with Gasteiger partial charge in [0.05, 0.1) is 18.8 Å². The molecule has 1 saturated heterocycles. The number of amides is 1. The highest BCUT2D eigenvalue weighted by atomic mass is 79.9. The third kappa shape index (κ3) is 3.44. The third-order valence-electron chi connectivity index (χ3n) is 2.53. The van der Waals surface area contributed by atoms with Gasteiger partial charge in [0, 0.05) is 4.47 Å². The largest absolute Gasteiger partial charge is 0.447 e. The summed E-state index contributed by atoms with van der Waals surface area (Å²) in [6, 6.07) is 7.94. The maximum absolute atomic E-state index is 10.9. The maximum Gasteiger partial charge on any atom is 0.407 e. The van der Waals surface area contributed by atoms with Gasteiger partial charge in [-0.25, -0.2) is 4.79 Å². The minimum atomic E-state index is -0.410. The number of carbonyl (C=O) groups is 1. The Balaban J connectivity index is 1.79. The minimum absolute atomic E-state index is 0.353. The molecule has 1 aliphatic rings. The van der Waals surface area contributed by atoms with Crippen LogP contribution in [-0.2, 0) is 16.1 Å². The lowest BCUT2D eigenvalue weighted by Crippen LogP contribution is -2.44. The van der Waals surface area contributed by atoms with Crippen LogP contribution in [0, 0.1) is 0 Å². The van der Waals surface area contributed by atoms with Crippen molar-refractivity contribution in [3.05, 3.63) is 34.3 Å². The SMILES string of the molecule is C[C@@]1(COCc2ccc(Br)cc2)COC(=O)N1. The van der Waals surface area contributed by atoms with Gasteiger partial charge in [-0.3, -0.25) is 0 Å². The van der Waals surface area contributed by atoms with Crippen molar-refractivity contribution in [2.75, 3.05) is 13.2 Å². The first-order valence-electron chi connectivity index (χ1n) is 5.35. The Labute approximate surface area is 108 Å². The fourth-order valence-corrected chi connectivity index (χ4v) is 1.86. The average Bonchev–Trinajstić information content (AvgIpc) is 2.62.